The van der Waals surface area contributed by atoms with Crippen LogP contribution in [0.2, 0.25) is 0 Å². The number of hydrogen-bond donors (Lipinski definition) is 4. The van der Waals surface area contributed by atoms with Crippen LogP contribution in [0.15, 0.2) is 103 Å². The van der Waals surface area contributed by atoms with Crippen LogP contribution in [-0.4, -0.2) is 33.0 Å². The van der Waals surface area contributed by atoms with Crippen molar-refractivity contribution in [1.29, 1.82) is 0 Å². The van der Waals surface area contributed by atoms with Gasteiger partial charge in [0.05, 0.1) is 22.4 Å². The highest BCUT2D eigenvalue weighted by atomic mass is 16.5. The van der Waals surface area contributed by atoms with Gasteiger partial charge in [-0.2, -0.15) is 0 Å². The summed E-state index contributed by atoms with van der Waals surface area (Å²) in [6.07, 6.45) is 3.06. The van der Waals surface area contributed by atoms with Crippen LogP contribution < -0.4 is 16.1 Å². The number of benzene rings is 3. The third-order valence-electron chi connectivity index (χ3n) is 6.88. The normalized spacial score (nSPS) is 13.4. The molecule has 2 heterocycles. The Morgan fingerprint density at radius 3 is 2.00 bits per heavy atom. The lowest BCUT2D eigenvalue weighted by molar-refractivity contribution is -0.134. The fraction of sp³-hybridized carbons (Fsp3) is 0.133. The zero-order valence-electron chi connectivity index (χ0n) is 20.8. The van der Waals surface area contributed by atoms with E-state index in [1.165, 1.54) is 0 Å². The average molecular weight is 506 g/mol. The van der Waals surface area contributed by atoms with Gasteiger partial charge in [-0.1, -0.05) is 66.7 Å². The average Bonchev–Trinajstić information content (AvgIpc) is 2.96. The second-order valence-corrected chi connectivity index (χ2v) is 9.13. The van der Waals surface area contributed by atoms with Crippen molar-refractivity contribution in [2.24, 2.45) is 0 Å². The highest BCUT2D eigenvalue weighted by Gasteiger charge is 2.47. The Hall–Kier alpha value is -4.82. The molecule has 0 aliphatic carbocycles. The number of aromatic nitrogens is 2. The summed E-state index contributed by atoms with van der Waals surface area (Å²) in [6.45, 7) is 1.85. The van der Waals surface area contributed by atoms with Gasteiger partial charge in [-0.3, -0.25) is 24.8 Å². The Morgan fingerprint density at radius 1 is 0.789 bits per heavy atom. The van der Waals surface area contributed by atoms with Gasteiger partial charge in [-0.15, -0.1) is 0 Å². The van der Waals surface area contributed by atoms with Crippen molar-refractivity contribution in [3.05, 3.63) is 109 Å². The first-order valence-corrected chi connectivity index (χ1v) is 12.3. The molecule has 8 heteroatoms. The largest absolute Gasteiger partial charge is 0.379 e. The second kappa shape index (κ2) is 10.7. The first kappa shape index (κ1) is 24.9. The number of anilines is 2. The number of carbonyl (C=O) groups excluding carboxylic acids is 2. The predicted octanol–water partition coefficient (Wildman–Crippen LogP) is 5.06. The molecule has 38 heavy (non-hydrogen) atoms. The maximum atomic E-state index is 14.4. The predicted molar refractivity (Wildman–Crippen MR) is 148 cm³/mol. The number of hydrogen-bond acceptors (Lipinski definition) is 6. The molecule has 0 saturated heterocycles. The first-order valence-electron chi connectivity index (χ1n) is 12.3. The standard InChI is InChI=1S/C30H27N5O3/c1-20(33-24-15-5-9-21-11-7-17-31-27(21)24)30(19-26(36)35-38,23-13-3-2-4-14-23)29(37)34-25-16-6-10-22-12-8-18-32-28(22)25/h2-18,20,33,38H,19H2,1H3,(H,34,37)(H,35,36). The molecule has 2 unspecified atom stereocenters. The van der Waals surface area contributed by atoms with Crippen molar-refractivity contribution in [3.63, 3.8) is 0 Å². The van der Waals surface area contributed by atoms with Gasteiger partial charge in [0.25, 0.3) is 0 Å². The quantitative estimate of drug-likeness (QED) is 0.173. The topological polar surface area (TPSA) is 116 Å². The zero-order chi connectivity index (χ0) is 26.5. The Bertz CT molecular complexity index is 1600. The first-order chi connectivity index (χ1) is 18.5. The molecule has 2 amide bonds. The summed E-state index contributed by atoms with van der Waals surface area (Å²) in [4.78, 5) is 36.1. The minimum Gasteiger partial charge on any atom is -0.379 e. The summed E-state index contributed by atoms with van der Waals surface area (Å²) in [5.74, 6) is -1.11. The highest BCUT2D eigenvalue weighted by Crippen LogP contribution is 2.37. The molecule has 2 aromatic heterocycles. The molecule has 0 bridgehead atoms. The number of nitrogens with zero attached hydrogens (tertiary/aromatic N) is 2. The monoisotopic (exact) mass is 505 g/mol. The van der Waals surface area contributed by atoms with Crippen molar-refractivity contribution in [1.82, 2.24) is 15.4 Å². The maximum absolute atomic E-state index is 14.4. The van der Waals surface area contributed by atoms with Crippen molar-refractivity contribution in [2.45, 2.75) is 24.8 Å². The van der Waals surface area contributed by atoms with Crippen LogP contribution in [0.25, 0.3) is 21.8 Å². The molecular formula is C30H27N5O3. The molecule has 0 aliphatic heterocycles. The minimum atomic E-state index is -1.43. The maximum Gasteiger partial charge on any atom is 0.244 e. The van der Waals surface area contributed by atoms with E-state index in [0.29, 0.717) is 16.8 Å². The van der Waals surface area contributed by atoms with Crippen LogP contribution in [0.3, 0.4) is 0 Å². The number of amides is 2. The van der Waals surface area contributed by atoms with E-state index >= 15 is 0 Å². The fourth-order valence-electron chi connectivity index (χ4n) is 4.96. The van der Waals surface area contributed by atoms with E-state index in [-0.39, 0.29) is 6.42 Å². The van der Waals surface area contributed by atoms with E-state index in [9.17, 15) is 14.8 Å². The number of para-hydroxylation sites is 2. The molecule has 4 N–H and O–H groups in total. The van der Waals surface area contributed by atoms with Gasteiger partial charge in [0.15, 0.2) is 0 Å². The van der Waals surface area contributed by atoms with Crippen LogP contribution >= 0.6 is 0 Å². The SMILES string of the molecule is CC(Nc1cccc2cccnc12)C(CC(=O)NO)(C(=O)Nc1cccc2cccnc12)c1ccccc1. The van der Waals surface area contributed by atoms with Crippen molar-refractivity contribution in [2.75, 3.05) is 10.6 Å². The summed E-state index contributed by atoms with van der Waals surface area (Å²) < 4.78 is 0. The van der Waals surface area contributed by atoms with Gasteiger partial charge in [-0.05, 0) is 36.8 Å². The van der Waals surface area contributed by atoms with Crippen molar-refractivity contribution in [3.8, 4) is 0 Å². The molecule has 0 aliphatic rings. The number of carbonyl (C=O) groups is 2. The Kier molecular flexibility index (Phi) is 6.97. The van der Waals surface area contributed by atoms with Crippen molar-refractivity contribution >= 4 is 45.0 Å². The summed E-state index contributed by atoms with van der Waals surface area (Å²) in [5, 5.41) is 17.8. The number of rotatable bonds is 8. The number of pyridine rings is 2. The van der Waals surface area contributed by atoms with Gasteiger partial charge in [0.1, 0.15) is 5.41 Å². The van der Waals surface area contributed by atoms with E-state index in [1.54, 1.807) is 23.9 Å². The lowest BCUT2D eigenvalue weighted by atomic mass is 9.70. The summed E-state index contributed by atoms with van der Waals surface area (Å²) in [7, 11) is 0. The molecule has 0 saturated carbocycles. The van der Waals surface area contributed by atoms with Crippen LogP contribution in [0.5, 0.6) is 0 Å². The van der Waals surface area contributed by atoms with E-state index in [1.807, 2.05) is 91.9 Å². The van der Waals surface area contributed by atoms with Gasteiger partial charge >= 0.3 is 0 Å². The fourth-order valence-corrected chi connectivity index (χ4v) is 4.96. The zero-order valence-corrected chi connectivity index (χ0v) is 20.8. The molecule has 190 valence electrons. The summed E-state index contributed by atoms with van der Waals surface area (Å²) in [6, 6.07) is 27.4. The molecule has 0 fully saturated rings. The molecule has 2 atom stereocenters. The van der Waals surface area contributed by atoms with Crippen LogP contribution in [0.4, 0.5) is 11.4 Å². The molecule has 8 nitrogen and oxygen atoms in total. The van der Waals surface area contributed by atoms with E-state index in [4.69, 9.17) is 0 Å². The van der Waals surface area contributed by atoms with Crippen LogP contribution in [0, 0.1) is 0 Å². The van der Waals surface area contributed by atoms with Gasteiger partial charge < -0.3 is 10.6 Å². The third-order valence-corrected chi connectivity index (χ3v) is 6.88. The van der Waals surface area contributed by atoms with Crippen LogP contribution in [-0.2, 0) is 15.0 Å². The summed E-state index contributed by atoms with van der Waals surface area (Å²) in [5.41, 5.74) is 3.53. The van der Waals surface area contributed by atoms with E-state index in [2.05, 4.69) is 20.6 Å². The van der Waals surface area contributed by atoms with Gasteiger partial charge in [-0.25, -0.2) is 5.48 Å². The Morgan fingerprint density at radius 2 is 1.37 bits per heavy atom. The van der Waals surface area contributed by atoms with Gasteiger partial charge in [0.2, 0.25) is 11.8 Å². The molecule has 3 aromatic carbocycles. The lowest BCUT2D eigenvalue weighted by Gasteiger charge is -2.38. The molecular weight excluding hydrogens is 478 g/mol. The van der Waals surface area contributed by atoms with E-state index < -0.39 is 23.3 Å². The molecule has 5 aromatic rings. The number of fused-ring (bicyclic) bond motifs is 2. The Balaban J connectivity index is 1.63. The summed E-state index contributed by atoms with van der Waals surface area (Å²) >= 11 is 0. The minimum absolute atomic E-state index is 0.316. The second-order valence-electron chi connectivity index (χ2n) is 9.13. The number of nitrogens with one attached hydrogen (secondary N) is 3. The number of hydroxylamine groups is 1. The third kappa shape index (κ3) is 4.65. The molecule has 0 radical (unpaired) electrons. The highest BCUT2D eigenvalue weighted by molar-refractivity contribution is 6.07. The smallest absolute Gasteiger partial charge is 0.244 e. The molecule has 0 spiro atoms. The van der Waals surface area contributed by atoms with Gasteiger partial charge in [0, 0.05) is 35.6 Å². The lowest BCUT2D eigenvalue weighted by Crippen LogP contribution is -2.54. The Labute approximate surface area is 219 Å². The van der Waals surface area contributed by atoms with Crippen molar-refractivity contribution < 1.29 is 14.8 Å². The van der Waals surface area contributed by atoms with Crippen LogP contribution in [0.1, 0.15) is 18.9 Å². The molecule has 5 rings (SSSR count). The van der Waals surface area contributed by atoms with E-state index in [0.717, 1.165) is 22.0 Å².